The summed E-state index contributed by atoms with van der Waals surface area (Å²) in [4.78, 5) is 19.5. The van der Waals surface area contributed by atoms with E-state index in [0.29, 0.717) is 34.3 Å². The fourth-order valence-electron chi connectivity index (χ4n) is 3.67. The summed E-state index contributed by atoms with van der Waals surface area (Å²) in [6.07, 6.45) is 3.67. The molecule has 0 radical (unpaired) electrons. The lowest BCUT2D eigenvalue weighted by molar-refractivity contribution is 0.0905. The van der Waals surface area contributed by atoms with Crippen LogP contribution in [0.1, 0.15) is 35.7 Å². The molecule has 0 N–H and O–H groups in total. The number of nitrogens with zero attached hydrogens (tertiary/aromatic N) is 5. The Labute approximate surface area is 158 Å². The number of aryl methyl sites for hydroxylation is 1. The van der Waals surface area contributed by atoms with Crippen LogP contribution in [-0.4, -0.2) is 44.9 Å². The van der Waals surface area contributed by atoms with Crippen LogP contribution in [0.4, 0.5) is 9.52 Å². The molecule has 0 spiro atoms. The van der Waals surface area contributed by atoms with E-state index < -0.39 is 0 Å². The largest absolute Gasteiger partial charge is 0.376 e. The van der Waals surface area contributed by atoms with Crippen LogP contribution in [-0.2, 0) is 17.7 Å². The van der Waals surface area contributed by atoms with Crippen LogP contribution < -0.4 is 4.90 Å². The van der Waals surface area contributed by atoms with Crippen molar-refractivity contribution in [3.05, 3.63) is 35.7 Å². The van der Waals surface area contributed by atoms with Gasteiger partial charge in [0, 0.05) is 19.6 Å². The highest BCUT2D eigenvalue weighted by molar-refractivity contribution is 7.22. The molecule has 140 valence electrons. The number of carbonyl (C=O) groups excluding carboxylic acids is 1. The minimum Gasteiger partial charge on any atom is -0.376 e. The highest BCUT2D eigenvalue weighted by Gasteiger charge is 2.31. The summed E-state index contributed by atoms with van der Waals surface area (Å²) >= 11 is 1.30. The van der Waals surface area contributed by atoms with E-state index in [4.69, 9.17) is 4.74 Å². The lowest BCUT2D eigenvalue weighted by atomic mass is 10.2. The van der Waals surface area contributed by atoms with Crippen LogP contribution in [0, 0.1) is 5.82 Å². The van der Waals surface area contributed by atoms with Gasteiger partial charge in [-0.05, 0) is 37.5 Å². The number of aromatic nitrogens is 4. The van der Waals surface area contributed by atoms with Crippen LogP contribution >= 0.6 is 11.3 Å². The topological polar surface area (TPSA) is 73.1 Å². The number of fused-ring (bicyclic) bond motifs is 2. The van der Waals surface area contributed by atoms with E-state index in [2.05, 4.69) is 15.2 Å². The maximum Gasteiger partial charge on any atom is 0.298 e. The van der Waals surface area contributed by atoms with Crippen LogP contribution in [0.3, 0.4) is 0 Å². The Morgan fingerprint density at radius 2 is 2.30 bits per heavy atom. The molecule has 0 bridgehead atoms. The molecule has 4 heterocycles. The SMILES string of the molecule is O=C(c1nnc2n1CCC2)N(CC1CCCO1)c1nc2ccc(F)cc2s1. The van der Waals surface area contributed by atoms with Crippen LogP contribution in [0.15, 0.2) is 18.2 Å². The Balaban J connectivity index is 1.53. The molecule has 0 saturated carbocycles. The van der Waals surface area contributed by atoms with Gasteiger partial charge in [-0.15, -0.1) is 10.2 Å². The minimum absolute atomic E-state index is 0.0290. The first-order valence-corrected chi connectivity index (χ1v) is 9.92. The zero-order chi connectivity index (χ0) is 18.4. The van der Waals surface area contributed by atoms with Gasteiger partial charge in [-0.3, -0.25) is 9.69 Å². The molecule has 1 aromatic carbocycles. The number of halogens is 1. The molecular formula is C18H18FN5O2S. The second kappa shape index (κ2) is 6.65. The zero-order valence-electron chi connectivity index (χ0n) is 14.6. The molecule has 1 atom stereocenters. The molecule has 5 rings (SSSR count). The third-order valence-corrected chi connectivity index (χ3v) is 6.07. The molecule has 1 fully saturated rings. The summed E-state index contributed by atoms with van der Waals surface area (Å²) in [7, 11) is 0. The average Bonchev–Trinajstić information content (AvgIpc) is 3.41. The van der Waals surface area contributed by atoms with Gasteiger partial charge in [-0.1, -0.05) is 11.3 Å². The number of rotatable bonds is 4. The molecule has 1 unspecified atom stereocenters. The first kappa shape index (κ1) is 16.8. The van der Waals surface area contributed by atoms with Gasteiger partial charge in [0.2, 0.25) is 5.82 Å². The highest BCUT2D eigenvalue weighted by atomic mass is 32.1. The van der Waals surface area contributed by atoms with Gasteiger partial charge < -0.3 is 9.30 Å². The summed E-state index contributed by atoms with van der Waals surface area (Å²) < 4.78 is 21.9. The maximum absolute atomic E-state index is 13.6. The lowest BCUT2D eigenvalue weighted by Crippen LogP contribution is -2.38. The van der Waals surface area contributed by atoms with Crippen molar-refractivity contribution in [2.24, 2.45) is 0 Å². The molecule has 1 amide bonds. The predicted octanol–water partition coefficient (Wildman–Crippen LogP) is 2.80. The second-order valence-electron chi connectivity index (χ2n) is 6.85. The van der Waals surface area contributed by atoms with E-state index in [1.165, 1.54) is 23.5 Å². The Kier molecular flexibility index (Phi) is 4.13. The molecule has 9 heteroatoms. The number of amides is 1. The Bertz CT molecular complexity index is 1010. The first-order valence-electron chi connectivity index (χ1n) is 9.11. The molecular weight excluding hydrogens is 369 g/mol. The first-order chi connectivity index (χ1) is 13.2. The number of benzene rings is 1. The third-order valence-electron chi connectivity index (χ3n) is 5.03. The van der Waals surface area contributed by atoms with E-state index in [0.717, 1.165) is 38.1 Å². The Hall–Kier alpha value is -2.39. The zero-order valence-corrected chi connectivity index (χ0v) is 15.4. The molecule has 2 aromatic heterocycles. The van der Waals surface area contributed by atoms with E-state index in [9.17, 15) is 9.18 Å². The van der Waals surface area contributed by atoms with Crippen LogP contribution in [0.25, 0.3) is 10.2 Å². The van der Waals surface area contributed by atoms with E-state index in [1.54, 1.807) is 11.0 Å². The van der Waals surface area contributed by atoms with Gasteiger partial charge in [0.15, 0.2) is 5.13 Å². The van der Waals surface area contributed by atoms with Crippen molar-refractivity contribution < 1.29 is 13.9 Å². The van der Waals surface area contributed by atoms with Crippen LogP contribution in [0.2, 0.25) is 0 Å². The summed E-state index contributed by atoms with van der Waals surface area (Å²) in [5.74, 6) is 0.642. The number of ether oxygens (including phenoxy) is 1. The molecule has 2 aliphatic heterocycles. The molecule has 0 aliphatic carbocycles. The van der Waals surface area contributed by atoms with Gasteiger partial charge in [0.05, 0.1) is 22.9 Å². The average molecular weight is 387 g/mol. The predicted molar refractivity (Wildman–Crippen MR) is 98.6 cm³/mol. The van der Waals surface area contributed by atoms with E-state index in [-0.39, 0.29) is 17.8 Å². The Morgan fingerprint density at radius 3 is 3.15 bits per heavy atom. The quantitative estimate of drug-likeness (QED) is 0.688. The molecule has 1 saturated heterocycles. The van der Waals surface area contributed by atoms with Gasteiger partial charge in [0.1, 0.15) is 11.6 Å². The fraction of sp³-hybridized carbons (Fsp3) is 0.444. The van der Waals surface area contributed by atoms with Crippen molar-refractivity contribution >= 4 is 32.6 Å². The third kappa shape index (κ3) is 3.00. The molecule has 3 aromatic rings. The number of hydrogen-bond donors (Lipinski definition) is 0. The maximum atomic E-state index is 13.6. The van der Waals surface area contributed by atoms with Gasteiger partial charge in [0.25, 0.3) is 5.91 Å². The van der Waals surface area contributed by atoms with Gasteiger partial charge in [-0.2, -0.15) is 0 Å². The normalized spacial score (nSPS) is 18.9. The number of carbonyl (C=O) groups is 1. The standard InChI is InChI=1S/C18H18FN5O2S/c19-11-5-6-13-14(9-11)27-18(20-13)24(10-12-3-2-8-26-12)17(25)16-22-21-15-4-1-7-23(15)16/h5-6,9,12H,1-4,7-8,10H2. The number of anilines is 1. The molecule has 7 nitrogen and oxygen atoms in total. The number of thiazole rings is 1. The van der Waals surface area contributed by atoms with Crippen molar-refractivity contribution in [3.8, 4) is 0 Å². The van der Waals surface area contributed by atoms with E-state index >= 15 is 0 Å². The van der Waals surface area contributed by atoms with Gasteiger partial charge >= 0.3 is 0 Å². The van der Waals surface area contributed by atoms with Gasteiger partial charge in [-0.25, -0.2) is 9.37 Å². The summed E-state index contributed by atoms with van der Waals surface area (Å²) in [5.41, 5.74) is 0.674. The summed E-state index contributed by atoms with van der Waals surface area (Å²) in [6, 6.07) is 4.46. The van der Waals surface area contributed by atoms with Crippen LogP contribution in [0.5, 0.6) is 0 Å². The lowest BCUT2D eigenvalue weighted by Gasteiger charge is -2.22. The molecule has 27 heavy (non-hydrogen) atoms. The van der Waals surface area contributed by atoms with Crippen molar-refractivity contribution in [2.45, 2.75) is 38.3 Å². The van der Waals surface area contributed by atoms with Crippen molar-refractivity contribution in [3.63, 3.8) is 0 Å². The van der Waals surface area contributed by atoms with Crippen molar-refractivity contribution in [2.75, 3.05) is 18.1 Å². The smallest absolute Gasteiger partial charge is 0.298 e. The molecule has 2 aliphatic rings. The minimum atomic E-state index is -0.315. The fourth-order valence-corrected chi connectivity index (χ4v) is 4.67. The highest BCUT2D eigenvalue weighted by Crippen LogP contribution is 2.31. The number of hydrogen-bond acceptors (Lipinski definition) is 6. The van der Waals surface area contributed by atoms with Crippen molar-refractivity contribution in [1.82, 2.24) is 19.7 Å². The van der Waals surface area contributed by atoms with Crippen molar-refractivity contribution in [1.29, 1.82) is 0 Å². The van der Waals surface area contributed by atoms with E-state index in [1.807, 2.05) is 4.57 Å². The summed E-state index contributed by atoms with van der Waals surface area (Å²) in [5, 5.41) is 8.81. The monoisotopic (exact) mass is 387 g/mol. The Morgan fingerprint density at radius 1 is 1.37 bits per heavy atom. The summed E-state index contributed by atoms with van der Waals surface area (Å²) in [6.45, 7) is 1.86. The second-order valence-corrected chi connectivity index (χ2v) is 7.86.